The monoisotopic (exact) mass is 417 g/mol. The molecule has 0 saturated heterocycles. The van der Waals surface area contributed by atoms with Gasteiger partial charge in [0.2, 0.25) is 5.91 Å². The van der Waals surface area contributed by atoms with Gasteiger partial charge in [0.1, 0.15) is 5.82 Å². The fourth-order valence-corrected chi connectivity index (χ4v) is 3.31. The summed E-state index contributed by atoms with van der Waals surface area (Å²) < 4.78 is 19.2. The van der Waals surface area contributed by atoms with Crippen molar-refractivity contribution in [3.63, 3.8) is 0 Å². The molecule has 152 valence electrons. The Labute approximate surface area is 171 Å². The van der Waals surface area contributed by atoms with Gasteiger partial charge in [-0.25, -0.2) is 14.2 Å². The van der Waals surface area contributed by atoms with E-state index in [9.17, 15) is 18.8 Å². The summed E-state index contributed by atoms with van der Waals surface area (Å²) in [6, 6.07) is 6.09. The highest BCUT2D eigenvalue weighted by molar-refractivity contribution is 7.14. The smallest absolute Gasteiger partial charge is 0.331 e. The number of benzene rings is 1. The molecule has 1 heterocycles. The highest BCUT2D eigenvalue weighted by atomic mass is 32.1. The number of ether oxygens (including phenoxy) is 1. The third-order valence-corrected chi connectivity index (χ3v) is 4.93. The number of rotatable bonds is 7. The third-order valence-electron chi connectivity index (χ3n) is 4.09. The standard InChI is InChI=1S/C20H20FN3O4S/c1-12(19(27)22-14-7-8-14)28-18(26)10-9-15-11-29-20(23-15)24(13(2)25)17-6-4-3-5-16(17)21/h3-6,9-12,14H,7-8H2,1-2H3,(H,22,27)/b10-9+/t12-/m1/s1. The minimum absolute atomic E-state index is 0.0970. The Morgan fingerprint density at radius 2 is 2.07 bits per heavy atom. The molecule has 9 heteroatoms. The number of carbonyl (C=O) groups is 3. The molecule has 2 aromatic rings. The van der Waals surface area contributed by atoms with Gasteiger partial charge < -0.3 is 10.1 Å². The summed E-state index contributed by atoms with van der Waals surface area (Å²) in [5, 5.41) is 4.66. The molecular formula is C20H20FN3O4S. The maximum atomic E-state index is 14.1. The number of esters is 1. The van der Waals surface area contributed by atoms with Crippen LogP contribution in [0.2, 0.25) is 0 Å². The van der Waals surface area contributed by atoms with Crippen LogP contribution in [0.1, 0.15) is 32.4 Å². The van der Waals surface area contributed by atoms with Gasteiger partial charge in [-0.05, 0) is 38.0 Å². The Bertz CT molecular complexity index is 955. The molecule has 1 aromatic heterocycles. The minimum Gasteiger partial charge on any atom is -0.449 e. The van der Waals surface area contributed by atoms with E-state index in [2.05, 4.69) is 10.3 Å². The van der Waals surface area contributed by atoms with E-state index >= 15 is 0 Å². The second-order valence-electron chi connectivity index (χ2n) is 6.56. The van der Waals surface area contributed by atoms with Crippen molar-refractivity contribution in [2.45, 2.75) is 38.8 Å². The van der Waals surface area contributed by atoms with Crippen molar-refractivity contribution in [3.05, 3.63) is 47.2 Å². The average Bonchev–Trinajstić information content (AvgIpc) is 3.37. The molecule has 1 aromatic carbocycles. The van der Waals surface area contributed by atoms with Crippen LogP contribution in [0.3, 0.4) is 0 Å². The van der Waals surface area contributed by atoms with Crippen molar-refractivity contribution in [1.82, 2.24) is 10.3 Å². The first-order valence-corrected chi connectivity index (χ1v) is 9.93. The van der Waals surface area contributed by atoms with Crippen LogP contribution in [0.25, 0.3) is 6.08 Å². The van der Waals surface area contributed by atoms with Gasteiger partial charge in [-0.1, -0.05) is 12.1 Å². The Morgan fingerprint density at radius 3 is 2.72 bits per heavy atom. The minimum atomic E-state index is -0.895. The van der Waals surface area contributed by atoms with Gasteiger partial charge in [0, 0.05) is 24.4 Å². The summed E-state index contributed by atoms with van der Waals surface area (Å²) >= 11 is 1.13. The fraction of sp³-hybridized carbons (Fsp3) is 0.300. The highest BCUT2D eigenvalue weighted by Crippen LogP contribution is 2.31. The first-order valence-electron chi connectivity index (χ1n) is 9.05. The number of aromatic nitrogens is 1. The Balaban J connectivity index is 1.65. The van der Waals surface area contributed by atoms with Gasteiger partial charge in [-0.15, -0.1) is 11.3 Å². The topological polar surface area (TPSA) is 88.6 Å². The number of halogens is 1. The lowest BCUT2D eigenvalue weighted by Gasteiger charge is -2.18. The molecule has 29 heavy (non-hydrogen) atoms. The lowest BCUT2D eigenvalue weighted by atomic mass is 10.3. The lowest BCUT2D eigenvalue weighted by Crippen LogP contribution is -2.36. The molecule has 1 fully saturated rings. The predicted octanol–water partition coefficient (Wildman–Crippen LogP) is 3.19. The van der Waals surface area contributed by atoms with Crippen LogP contribution in [0.15, 0.2) is 35.7 Å². The van der Waals surface area contributed by atoms with Crippen molar-refractivity contribution >= 4 is 46.0 Å². The number of carbonyl (C=O) groups excluding carboxylic acids is 3. The molecule has 1 N–H and O–H groups in total. The molecule has 1 aliphatic carbocycles. The van der Waals surface area contributed by atoms with E-state index in [1.54, 1.807) is 11.4 Å². The van der Waals surface area contributed by atoms with Gasteiger partial charge in [-0.3, -0.25) is 14.5 Å². The molecule has 1 atom stereocenters. The van der Waals surface area contributed by atoms with E-state index < -0.39 is 23.8 Å². The normalized spacial score (nSPS) is 14.4. The van der Waals surface area contributed by atoms with Crippen LogP contribution >= 0.6 is 11.3 Å². The third kappa shape index (κ3) is 5.47. The molecule has 0 radical (unpaired) electrons. The van der Waals surface area contributed by atoms with E-state index in [0.717, 1.165) is 30.3 Å². The molecule has 0 spiro atoms. The number of hydrogen-bond donors (Lipinski definition) is 1. The second kappa shape index (κ2) is 8.95. The maximum Gasteiger partial charge on any atom is 0.331 e. The Morgan fingerprint density at radius 1 is 1.34 bits per heavy atom. The average molecular weight is 417 g/mol. The molecule has 3 rings (SSSR count). The van der Waals surface area contributed by atoms with E-state index in [0.29, 0.717) is 5.69 Å². The number of nitrogens with one attached hydrogen (secondary N) is 1. The summed E-state index contributed by atoms with van der Waals surface area (Å²) in [6.45, 7) is 2.82. The van der Waals surface area contributed by atoms with Crippen molar-refractivity contribution in [1.29, 1.82) is 0 Å². The molecule has 0 bridgehead atoms. The van der Waals surface area contributed by atoms with Crippen LogP contribution < -0.4 is 10.2 Å². The Hall–Kier alpha value is -3.07. The summed E-state index contributed by atoms with van der Waals surface area (Å²) in [5.41, 5.74) is 0.499. The van der Waals surface area contributed by atoms with Gasteiger partial charge in [-0.2, -0.15) is 0 Å². The first kappa shape index (κ1) is 20.7. The van der Waals surface area contributed by atoms with Crippen molar-refractivity contribution in [2.75, 3.05) is 4.90 Å². The summed E-state index contributed by atoms with van der Waals surface area (Å²) in [7, 11) is 0. The second-order valence-corrected chi connectivity index (χ2v) is 7.39. The summed E-state index contributed by atoms with van der Waals surface area (Å²) in [4.78, 5) is 41.2. The number of para-hydroxylation sites is 1. The van der Waals surface area contributed by atoms with Crippen LogP contribution in [-0.2, 0) is 19.1 Å². The number of thiazole rings is 1. The van der Waals surface area contributed by atoms with E-state index in [4.69, 9.17) is 4.74 Å². The zero-order chi connectivity index (χ0) is 21.0. The van der Waals surface area contributed by atoms with Crippen LogP contribution in [0.4, 0.5) is 15.2 Å². The van der Waals surface area contributed by atoms with E-state index in [-0.39, 0.29) is 22.8 Å². The van der Waals surface area contributed by atoms with Crippen molar-refractivity contribution in [3.8, 4) is 0 Å². The van der Waals surface area contributed by atoms with E-state index in [1.807, 2.05) is 0 Å². The quantitative estimate of drug-likeness (QED) is 0.552. The molecule has 0 unspecified atom stereocenters. The van der Waals surface area contributed by atoms with Gasteiger partial charge in [0.05, 0.1) is 11.4 Å². The molecule has 1 saturated carbocycles. The Kier molecular flexibility index (Phi) is 6.38. The molecule has 0 aliphatic heterocycles. The van der Waals surface area contributed by atoms with Crippen molar-refractivity contribution in [2.24, 2.45) is 0 Å². The molecule has 7 nitrogen and oxygen atoms in total. The molecule has 2 amide bonds. The lowest BCUT2D eigenvalue weighted by molar-refractivity contribution is -0.150. The van der Waals surface area contributed by atoms with Gasteiger partial charge in [0.15, 0.2) is 11.2 Å². The zero-order valence-electron chi connectivity index (χ0n) is 15.9. The number of amides is 2. The van der Waals surface area contributed by atoms with Crippen molar-refractivity contribution < 1.29 is 23.5 Å². The molecule has 1 aliphatic rings. The number of hydrogen-bond acceptors (Lipinski definition) is 6. The first-order chi connectivity index (χ1) is 13.8. The summed E-state index contributed by atoms with van der Waals surface area (Å²) in [5.74, 6) is -1.95. The van der Waals surface area contributed by atoms with E-state index in [1.165, 1.54) is 43.0 Å². The van der Waals surface area contributed by atoms with Crippen LogP contribution in [0.5, 0.6) is 0 Å². The maximum absolute atomic E-state index is 14.1. The SMILES string of the molecule is CC(=O)N(c1nc(/C=C/C(=O)O[C@H](C)C(=O)NC2CC2)cs1)c1ccccc1F. The largest absolute Gasteiger partial charge is 0.449 e. The predicted molar refractivity (Wildman–Crippen MR) is 107 cm³/mol. The van der Waals surface area contributed by atoms with Gasteiger partial charge >= 0.3 is 5.97 Å². The van der Waals surface area contributed by atoms with Gasteiger partial charge in [0.25, 0.3) is 5.91 Å². The number of anilines is 2. The van der Waals surface area contributed by atoms with Crippen LogP contribution in [-0.4, -0.2) is 34.9 Å². The fourth-order valence-electron chi connectivity index (χ4n) is 2.46. The number of nitrogens with zero attached hydrogens (tertiary/aromatic N) is 2. The summed E-state index contributed by atoms with van der Waals surface area (Å²) in [6.07, 6.45) is 3.56. The zero-order valence-corrected chi connectivity index (χ0v) is 16.7. The highest BCUT2D eigenvalue weighted by Gasteiger charge is 2.27. The molecular weight excluding hydrogens is 397 g/mol. The van der Waals surface area contributed by atoms with Crippen LogP contribution in [0, 0.1) is 5.82 Å².